The maximum Gasteiger partial charge on any atom is 0.228 e. The highest BCUT2D eigenvalue weighted by Crippen LogP contribution is 2.48. The quantitative estimate of drug-likeness (QED) is 0.868. The Hall–Kier alpha value is -1.38. The van der Waals surface area contributed by atoms with Gasteiger partial charge < -0.3 is 5.32 Å². The average molecular weight is 244 g/mol. The Morgan fingerprint density at radius 3 is 2.72 bits per heavy atom. The lowest BCUT2D eigenvalue weighted by Crippen LogP contribution is -2.27. The second-order valence-electron chi connectivity index (χ2n) is 5.94. The van der Waals surface area contributed by atoms with Gasteiger partial charge in [-0.2, -0.15) is 0 Å². The minimum absolute atomic E-state index is 0.180. The fourth-order valence-electron chi connectivity index (χ4n) is 3.69. The molecule has 2 aliphatic rings. The second kappa shape index (κ2) is 4.38. The lowest BCUT2D eigenvalue weighted by atomic mass is 9.88. The van der Waals surface area contributed by atoms with Crippen LogP contribution in [0.5, 0.6) is 0 Å². The Balaban J connectivity index is 1.70. The number of aromatic nitrogens is 1. The van der Waals surface area contributed by atoms with Crippen molar-refractivity contribution < 1.29 is 4.79 Å². The Labute approximate surface area is 108 Å². The largest absolute Gasteiger partial charge is 0.310 e. The number of pyridine rings is 1. The number of aryl methyl sites for hydroxylation is 2. The molecular weight excluding hydrogens is 224 g/mol. The van der Waals surface area contributed by atoms with Crippen molar-refractivity contribution in [1.29, 1.82) is 0 Å². The lowest BCUT2D eigenvalue weighted by molar-refractivity contribution is -0.121. The van der Waals surface area contributed by atoms with E-state index < -0.39 is 0 Å². The highest BCUT2D eigenvalue weighted by Gasteiger charge is 2.43. The fourth-order valence-corrected chi connectivity index (χ4v) is 3.69. The smallest absolute Gasteiger partial charge is 0.228 e. The van der Waals surface area contributed by atoms with Gasteiger partial charge in [0.15, 0.2) is 0 Å². The van der Waals surface area contributed by atoms with E-state index in [9.17, 15) is 4.79 Å². The Morgan fingerprint density at radius 2 is 2.11 bits per heavy atom. The van der Waals surface area contributed by atoms with Crippen molar-refractivity contribution in [1.82, 2.24) is 4.98 Å². The third kappa shape index (κ3) is 2.14. The van der Waals surface area contributed by atoms with Gasteiger partial charge >= 0.3 is 0 Å². The summed E-state index contributed by atoms with van der Waals surface area (Å²) in [5.74, 6) is 2.55. The van der Waals surface area contributed by atoms with Gasteiger partial charge in [-0.15, -0.1) is 0 Å². The van der Waals surface area contributed by atoms with Gasteiger partial charge in [-0.25, -0.2) is 4.98 Å². The van der Waals surface area contributed by atoms with E-state index in [2.05, 4.69) is 10.3 Å². The van der Waals surface area contributed by atoms with Gasteiger partial charge in [0.2, 0.25) is 5.91 Å². The zero-order chi connectivity index (χ0) is 12.7. The summed E-state index contributed by atoms with van der Waals surface area (Å²) in [6.45, 7) is 3.99. The molecule has 0 radical (unpaired) electrons. The standard InChI is InChI=1S/C15H20N2O/c1-9-5-10(2)16-14(6-9)17-15(18)13-8-11-3-4-12(13)7-11/h5-6,11-13H,3-4,7-8H2,1-2H3,(H,16,17,18)/t11-,12+,13-/m0/s1. The number of nitrogens with zero attached hydrogens (tertiary/aromatic N) is 1. The first-order chi connectivity index (χ1) is 8.61. The SMILES string of the molecule is Cc1cc(C)nc(NC(=O)[C@H]2C[C@H]3CC[C@@H]2C3)c1. The molecule has 1 N–H and O–H groups in total. The molecule has 3 rings (SSSR count). The van der Waals surface area contributed by atoms with E-state index in [1.54, 1.807) is 0 Å². The van der Waals surface area contributed by atoms with Gasteiger partial charge in [0.25, 0.3) is 0 Å². The van der Waals surface area contributed by atoms with Crippen molar-refractivity contribution >= 4 is 11.7 Å². The molecule has 2 bridgehead atoms. The van der Waals surface area contributed by atoms with Crippen LogP contribution in [0.15, 0.2) is 12.1 Å². The number of carbonyl (C=O) groups excluding carboxylic acids is 1. The molecule has 3 atom stereocenters. The van der Waals surface area contributed by atoms with Crippen molar-refractivity contribution in [2.24, 2.45) is 17.8 Å². The highest BCUT2D eigenvalue weighted by atomic mass is 16.2. The average Bonchev–Trinajstić information content (AvgIpc) is 2.88. The first-order valence-electron chi connectivity index (χ1n) is 6.88. The first-order valence-corrected chi connectivity index (χ1v) is 6.88. The van der Waals surface area contributed by atoms with Crippen molar-refractivity contribution in [3.63, 3.8) is 0 Å². The van der Waals surface area contributed by atoms with Gasteiger partial charge in [0, 0.05) is 11.6 Å². The number of hydrogen-bond donors (Lipinski definition) is 1. The zero-order valence-electron chi connectivity index (χ0n) is 11.1. The molecule has 1 amide bonds. The predicted octanol–water partition coefficient (Wildman–Crippen LogP) is 3.07. The second-order valence-corrected chi connectivity index (χ2v) is 5.94. The molecule has 2 saturated carbocycles. The van der Waals surface area contributed by atoms with E-state index in [0.717, 1.165) is 23.6 Å². The predicted molar refractivity (Wildman–Crippen MR) is 71.3 cm³/mol. The number of nitrogens with one attached hydrogen (secondary N) is 1. The van der Waals surface area contributed by atoms with Crippen LogP contribution < -0.4 is 5.32 Å². The molecule has 0 aliphatic heterocycles. The number of amides is 1. The van der Waals surface area contributed by atoms with E-state index >= 15 is 0 Å². The molecule has 1 aromatic heterocycles. The summed E-state index contributed by atoms with van der Waals surface area (Å²) in [7, 11) is 0. The number of anilines is 1. The van der Waals surface area contributed by atoms with Gasteiger partial charge in [0.05, 0.1) is 0 Å². The van der Waals surface area contributed by atoms with Crippen LogP contribution >= 0.6 is 0 Å². The molecule has 96 valence electrons. The molecule has 0 spiro atoms. The summed E-state index contributed by atoms with van der Waals surface area (Å²) < 4.78 is 0. The molecule has 1 heterocycles. The van der Waals surface area contributed by atoms with Crippen LogP contribution in [-0.4, -0.2) is 10.9 Å². The molecule has 0 aromatic carbocycles. The maximum absolute atomic E-state index is 12.3. The molecule has 3 nitrogen and oxygen atoms in total. The van der Waals surface area contributed by atoms with Gasteiger partial charge in [-0.05, 0) is 62.6 Å². The van der Waals surface area contributed by atoms with Crippen molar-refractivity contribution in [2.75, 3.05) is 5.32 Å². The number of carbonyl (C=O) groups is 1. The molecule has 2 aliphatic carbocycles. The van der Waals surface area contributed by atoms with Crippen LogP contribution in [0.2, 0.25) is 0 Å². The van der Waals surface area contributed by atoms with E-state index in [4.69, 9.17) is 0 Å². The molecular formula is C15H20N2O. The third-order valence-electron chi connectivity index (χ3n) is 4.42. The van der Waals surface area contributed by atoms with Crippen molar-refractivity contribution in [3.05, 3.63) is 23.4 Å². The van der Waals surface area contributed by atoms with Gasteiger partial charge in [-0.3, -0.25) is 4.79 Å². The number of fused-ring (bicyclic) bond motifs is 2. The molecule has 3 heteroatoms. The molecule has 0 unspecified atom stereocenters. The minimum atomic E-state index is 0.180. The summed E-state index contributed by atoms with van der Waals surface area (Å²) in [4.78, 5) is 16.7. The molecule has 0 saturated heterocycles. The zero-order valence-corrected chi connectivity index (χ0v) is 11.1. The van der Waals surface area contributed by atoms with Gasteiger partial charge in [-0.1, -0.05) is 6.42 Å². The molecule has 2 fully saturated rings. The van der Waals surface area contributed by atoms with Gasteiger partial charge in [0.1, 0.15) is 5.82 Å². The van der Waals surface area contributed by atoms with Crippen LogP contribution in [-0.2, 0) is 4.79 Å². The lowest BCUT2D eigenvalue weighted by Gasteiger charge is -2.20. The van der Waals surface area contributed by atoms with Crippen LogP contribution in [0.1, 0.15) is 36.9 Å². The summed E-state index contributed by atoms with van der Waals surface area (Å²) in [6.07, 6.45) is 4.92. The van der Waals surface area contributed by atoms with Crippen LogP contribution in [0.4, 0.5) is 5.82 Å². The van der Waals surface area contributed by atoms with E-state index in [-0.39, 0.29) is 11.8 Å². The molecule has 18 heavy (non-hydrogen) atoms. The minimum Gasteiger partial charge on any atom is -0.310 e. The van der Waals surface area contributed by atoms with E-state index in [1.807, 2.05) is 26.0 Å². The summed E-state index contributed by atoms with van der Waals surface area (Å²) in [5, 5.41) is 3.00. The monoisotopic (exact) mass is 244 g/mol. The summed E-state index contributed by atoms with van der Waals surface area (Å²) in [5.41, 5.74) is 2.10. The number of hydrogen-bond acceptors (Lipinski definition) is 2. The van der Waals surface area contributed by atoms with E-state index in [1.165, 1.54) is 19.3 Å². The van der Waals surface area contributed by atoms with Crippen LogP contribution in [0, 0.1) is 31.6 Å². The van der Waals surface area contributed by atoms with Crippen molar-refractivity contribution in [3.8, 4) is 0 Å². The van der Waals surface area contributed by atoms with Crippen molar-refractivity contribution in [2.45, 2.75) is 39.5 Å². The Bertz CT molecular complexity index is 463. The summed E-state index contributed by atoms with van der Waals surface area (Å²) >= 11 is 0. The third-order valence-corrected chi connectivity index (χ3v) is 4.42. The van der Waals surface area contributed by atoms with E-state index in [0.29, 0.717) is 11.7 Å². The Kier molecular flexibility index (Phi) is 2.84. The van der Waals surface area contributed by atoms with Crippen LogP contribution in [0.3, 0.4) is 0 Å². The highest BCUT2D eigenvalue weighted by molar-refractivity contribution is 5.92. The maximum atomic E-state index is 12.3. The Morgan fingerprint density at radius 1 is 1.28 bits per heavy atom. The first kappa shape index (κ1) is 11.7. The normalized spacial score (nSPS) is 29.6. The topological polar surface area (TPSA) is 42.0 Å². The molecule has 1 aromatic rings. The van der Waals surface area contributed by atoms with Crippen LogP contribution in [0.25, 0.3) is 0 Å². The summed E-state index contributed by atoms with van der Waals surface area (Å²) in [6, 6.07) is 3.96. The fraction of sp³-hybridized carbons (Fsp3) is 0.600. The number of rotatable bonds is 2.